The molecule has 0 bridgehead atoms. The first kappa shape index (κ1) is 18.5. The van der Waals surface area contributed by atoms with Gasteiger partial charge in [0.25, 0.3) is 0 Å². The van der Waals surface area contributed by atoms with E-state index in [4.69, 9.17) is 31.5 Å². The molecule has 0 saturated carbocycles. The lowest BCUT2D eigenvalue weighted by atomic mass is 9.81. The van der Waals surface area contributed by atoms with Crippen LogP contribution in [0.25, 0.3) is 11.0 Å². The lowest BCUT2D eigenvalue weighted by molar-refractivity contribution is 0.420. The molecule has 4 aromatic rings. The molecule has 6 heteroatoms. The molecule has 6 rings (SSSR count). The summed E-state index contributed by atoms with van der Waals surface area (Å²) in [5.74, 6) is 0.469. The highest BCUT2D eigenvalue weighted by atomic mass is 35.5. The zero-order valence-corrected chi connectivity index (χ0v) is 17.4. The van der Waals surface area contributed by atoms with E-state index >= 15 is 0 Å². The first-order chi connectivity index (χ1) is 15.1. The molecule has 2 aliphatic rings. The molecule has 154 valence electrons. The maximum Gasteiger partial charge on any atom is 0.344 e. The molecular weight excluding hydrogens is 412 g/mol. The number of fused-ring (bicyclic) bond motifs is 5. The van der Waals surface area contributed by atoms with Crippen molar-refractivity contribution in [1.29, 1.82) is 0 Å². The number of hydrogen-bond acceptors (Lipinski definition) is 5. The van der Waals surface area contributed by atoms with Crippen molar-refractivity contribution in [2.45, 2.75) is 31.6 Å². The number of nitrogens with zero attached hydrogens (tertiary/aromatic N) is 1. The highest BCUT2D eigenvalue weighted by Crippen LogP contribution is 2.51. The van der Waals surface area contributed by atoms with Crippen molar-refractivity contribution in [3.63, 3.8) is 0 Å². The molecule has 0 spiro atoms. The van der Waals surface area contributed by atoms with Crippen LogP contribution in [0, 0.1) is 0 Å². The van der Waals surface area contributed by atoms with Gasteiger partial charge in [0, 0.05) is 16.4 Å². The Kier molecular flexibility index (Phi) is 4.08. The van der Waals surface area contributed by atoms with Crippen LogP contribution in [0.5, 0.6) is 11.6 Å². The lowest BCUT2D eigenvalue weighted by Gasteiger charge is -2.31. The molecule has 5 nitrogen and oxygen atoms in total. The van der Waals surface area contributed by atoms with Gasteiger partial charge in [-0.3, -0.25) is 0 Å². The van der Waals surface area contributed by atoms with E-state index < -0.39 is 11.5 Å². The van der Waals surface area contributed by atoms with Crippen LogP contribution >= 0.6 is 11.6 Å². The molecule has 31 heavy (non-hydrogen) atoms. The largest absolute Gasteiger partial charge is 0.437 e. The van der Waals surface area contributed by atoms with Gasteiger partial charge >= 0.3 is 5.63 Å². The van der Waals surface area contributed by atoms with Crippen LogP contribution in [0.1, 0.15) is 46.7 Å². The monoisotopic (exact) mass is 430 g/mol. The predicted octanol–water partition coefficient (Wildman–Crippen LogP) is 5.59. The van der Waals surface area contributed by atoms with Crippen molar-refractivity contribution < 1.29 is 9.15 Å². The van der Waals surface area contributed by atoms with Gasteiger partial charge in [-0.05, 0) is 61.1 Å². The van der Waals surface area contributed by atoms with Crippen molar-refractivity contribution in [2.24, 2.45) is 0 Å². The highest BCUT2D eigenvalue weighted by Gasteiger charge is 2.38. The van der Waals surface area contributed by atoms with Crippen molar-refractivity contribution in [1.82, 2.24) is 4.98 Å². The second-order valence-electron chi connectivity index (χ2n) is 8.10. The van der Waals surface area contributed by atoms with E-state index in [1.54, 1.807) is 6.07 Å². The minimum atomic E-state index is -0.474. The Hall–Kier alpha value is -3.31. The standard InChI is InChI=1S/C25H19ClN2O3/c26-14-7-5-6-13(12-14)19-20-22(27)15-8-1-3-10-17(15)28-24(20)31-23-16-9-2-4-11-18(16)30-25(29)21(19)23/h2,4-7,9,11-12,19H,1,3,8,10H2,(H2,27,28). The molecule has 1 aliphatic carbocycles. The van der Waals surface area contributed by atoms with Crippen LogP contribution in [-0.2, 0) is 12.8 Å². The zero-order valence-electron chi connectivity index (χ0n) is 16.7. The Labute approximate surface area is 183 Å². The summed E-state index contributed by atoms with van der Waals surface area (Å²) in [6.07, 6.45) is 3.91. The van der Waals surface area contributed by atoms with Gasteiger partial charge in [-0.15, -0.1) is 0 Å². The molecule has 3 heterocycles. The van der Waals surface area contributed by atoms with Gasteiger partial charge in [-0.1, -0.05) is 35.9 Å². The molecule has 1 aliphatic heterocycles. The van der Waals surface area contributed by atoms with Crippen LogP contribution in [0.4, 0.5) is 5.69 Å². The molecule has 0 fully saturated rings. The molecule has 0 amide bonds. The summed E-state index contributed by atoms with van der Waals surface area (Å²) in [6.45, 7) is 0. The van der Waals surface area contributed by atoms with E-state index in [1.165, 1.54) is 0 Å². The van der Waals surface area contributed by atoms with E-state index in [9.17, 15) is 4.79 Å². The first-order valence-electron chi connectivity index (χ1n) is 10.4. The summed E-state index contributed by atoms with van der Waals surface area (Å²) in [5.41, 5.74) is 11.5. The average molecular weight is 431 g/mol. The van der Waals surface area contributed by atoms with Crippen molar-refractivity contribution in [3.05, 3.63) is 91.9 Å². The third-order valence-electron chi connectivity index (χ3n) is 6.28. The SMILES string of the molecule is Nc1c2c(nc3c1C(c1cccc(Cl)c1)c1c(c4ccccc4oc1=O)O3)CCCC2. The fourth-order valence-corrected chi connectivity index (χ4v) is 5.07. The highest BCUT2D eigenvalue weighted by molar-refractivity contribution is 6.30. The Morgan fingerprint density at radius 2 is 1.87 bits per heavy atom. The molecule has 2 aromatic heterocycles. The number of benzene rings is 2. The predicted molar refractivity (Wildman–Crippen MR) is 120 cm³/mol. The fraction of sp³-hybridized carbons (Fsp3) is 0.200. The Balaban J connectivity index is 1.72. The second-order valence-corrected chi connectivity index (χ2v) is 8.53. The van der Waals surface area contributed by atoms with Crippen LogP contribution < -0.4 is 16.1 Å². The van der Waals surface area contributed by atoms with Crippen LogP contribution in [0.2, 0.25) is 5.02 Å². The Morgan fingerprint density at radius 3 is 2.74 bits per heavy atom. The van der Waals surface area contributed by atoms with Gasteiger partial charge in [0.05, 0.1) is 22.4 Å². The molecule has 1 unspecified atom stereocenters. The number of aromatic nitrogens is 1. The van der Waals surface area contributed by atoms with E-state index in [0.717, 1.165) is 53.5 Å². The number of nitrogen functional groups attached to an aromatic ring is 1. The van der Waals surface area contributed by atoms with E-state index in [-0.39, 0.29) is 0 Å². The summed E-state index contributed by atoms with van der Waals surface area (Å²) in [6, 6.07) is 14.9. The molecule has 1 atom stereocenters. The number of rotatable bonds is 1. The van der Waals surface area contributed by atoms with Crippen LogP contribution in [-0.4, -0.2) is 4.98 Å². The van der Waals surface area contributed by atoms with Crippen molar-refractivity contribution >= 4 is 28.3 Å². The number of para-hydroxylation sites is 1. The Morgan fingerprint density at radius 1 is 1.03 bits per heavy atom. The second kappa shape index (κ2) is 6.86. The number of halogens is 1. The molecule has 0 radical (unpaired) electrons. The number of pyridine rings is 1. The smallest absolute Gasteiger partial charge is 0.344 e. The van der Waals surface area contributed by atoms with Gasteiger partial charge in [0.1, 0.15) is 5.58 Å². The summed E-state index contributed by atoms with van der Waals surface area (Å²) in [4.78, 5) is 18.1. The van der Waals surface area contributed by atoms with E-state index in [2.05, 4.69) is 0 Å². The molecule has 0 saturated heterocycles. The summed E-state index contributed by atoms with van der Waals surface area (Å²) < 4.78 is 12.0. The zero-order chi connectivity index (χ0) is 21.1. The molecular formula is C25H19ClN2O3. The maximum atomic E-state index is 13.2. The Bertz CT molecular complexity index is 1430. The van der Waals surface area contributed by atoms with E-state index in [0.29, 0.717) is 33.5 Å². The average Bonchev–Trinajstić information content (AvgIpc) is 2.78. The maximum absolute atomic E-state index is 13.2. The number of anilines is 1. The van der Waals surface area contributed by atoms with Gasteiger partial charge in [-0.2, -0.15) is 0 Å². The molecule has 2 aromatic carbocycles. The van der Waals surface area contributed by atoms with Crippen LogP contribution in [0.15, 0.2) is 57.7 Å². The molecule has 2 N–H and O–H groups in total. The van der Waals surface area contributed by atoms with Crippen LogP contribution in [0.3, 0.4) is 0 Å². The number of aryl methyl sites for hydroxylation is 1. The minimum absolute atomic E-state index is 0.428. The third kappa shape index (κ3) is 2.77. The quantitative estimate of drug-likeness (QED) is 0.351. The van der Waals surface area contributed by atoms with Gasteiger partial charge in [0.15, 0.2) is 5.75 Å². The lowest BCUT2D eigenvalue weighted by Crippen LogP contribution is -2.24. The normalized spacial score (nSPS) is 16.9. The van der Waals surface area contributed by atoms with Gasteiger partial charge in [-0.25, -0.2) is 9.78 Å². The van der Waals surface area contributed by atoms with Gasteiger partial charge in [0.2, 0.25) is 5.88 Å². The number of nitrogens with two attached hydrogens (primary N) is 1. The summed E-state index contributed by atoms with van der Waals surface area (Å²) in [5, 5.41) is 1.31. The third-order valence-corrected chi connectivity index (χ3v) is 6.51. The number of hydrogen-bond donors (Lipinski definition) is 1. The van der Waals surface area contributed by atoms with Crippen molar-refractivity contribution in [3.8, 4) is 11.6 Å². The number of ether oxygens (including phenoxy) is 1. The minimum Gasteiger partial charge on any atom is -0.437 e. The fourth-order valence-electron chi connectivity index (χ4n) is 4.88. The summed E-state index contributed by atoms with van der Waals surface area (Å²) >= 11 is 6.33. The summed E-state index contributed by atoms with van der Waals surface area (Å²) in [7, 11) is 0. The van der Waals surface area contributed by atoms with Gasteiger partial charge < -0.3 is 14.9 Å². The first-order valence-corrected chi connectivity index (χ1v) is 10.8. The van der Waals surface area contributed by atoms with Crippen molar-refractivity contribution in [2.75, 3.05) is 5.73 Å². The topological polar surface area (TPSA) is 78.4 Å². The van der Waals surface area contributed by atoms with E-state index in [1.807, 2.05) is 42.5 Å².